The summed E-state index contributed by atoms with van der Waals surface area (Å²) in [6.45, 7) is 3.24. The Hall–Kier alpha value is -1.82. The van der Waals surface area contributed by atoms with E-state index in [2.05, 4.69) is 21.2 Å². The molecule has 1 aliphatic rings. The van der Waals surface area contributed by atoms with Crippen LogP contribution in [-0.4, -0.2) is 36.6 Å². The van der Waals surface area contributed by atoms with Crippen molar-refractivity contribution < 1.29 is 14.3 Å². The Kier molecular flexibility index (Phi) is 6.65. The van der Waals surface area contributed by atoms with Crippen LogP contribution in [0.3, 0.4) is 0 Å². The summed E-state index contributed by atoms with van der Waals surface area (Å²) in [5.41, 5.74) is 0.997. The Morgan fingerprint density at radius 3 is 2.83 bits per heavy atom. The van der Waals surface area contributed by atoms with Crippen molar-refractivity contribution in [2.45, 2.75) is 19.8 Å². The molecule has 0 aliphatic carbocycles. The number of carbonyl (C=O) groups excluding carboxylic acids is 2. The van der Waals surface area contributed by atoms with Gasteiger partial charge in [-0.1, -0.05) is 28.1 Å². The predicted octanol–water partition coefficient (Wildman–Crippen LogP) is 3.40. The molecule has 1 aliphatic heterocycles. The molecule has 2 amide bonds. The monoisotopic (exact) mass is 380 g/mol. The first kappa shape index (κ1) is 17.5. The first-order valence-corrected chi connectivity index (χ1v) is 8.53. The molecule has 0 spiro atoms. The highest BCUT2D eigenvalue weighted by Crippen LogP contribution is 2.18. The number of piperidine rings is 1. The third-order valence-electron chi connectivity index (χ3n) is 3.68. The van der Waals surface area contributed by atoms with Crippen LogP contribution in [-0.2, 0) is 9.53 Å². The number of amides is 2. The smallest absolute Gasteiger partial charge is 0.321 e. The van der Waals surface area contributed by atoms with Gasteiger partial charge < -0.3 is 15.0 Å². The van der Waals surface area contributed by atoms with Crippen molar-refractivity contribution in [2.75, 3.05) is 19.7 Å². The van der Waals surface area contributed by atoms with Crippen molar-refractivity contribution >= 4 is 34.0 Å². The second-order valence-corrected chi connectivity index (χ2v) is 6.29. The summed E-state index contributed by atoms with van der Waals surface area (Å²) in [7, 11) is 0. The van der Waals surface area contributed by atoms with Crippen LogP contribution < -0.4 is 5.32 Å². The molecule has 1 saturated heterocycles. The van der Waals surface area contributed by atoms with E-state index < -0.39 is 0 Å². The summed E-state index contributed by atoms with van der Waals surface area (Å²) in [4.78, 5) is 25.6. The lowest BCUT2D eigenvalue weighted by Crippen LogP contribution is -2.46. The van der Waals surface area contributed by atoms with E-state index in [1.54, 1.807) is 18.0 Å². The highest BCUT2D eigenvalue weighted by atomic mass is 79.9. The van der Waals surface area contributed by atoms with Crippen LogP contribution in [0.15, 0.2) is 34.9 Å². The molecule has 23 heavy (non-hydrogen) atoms. The Labute approximate surface area is 144 Å². The molecule has 1 aromatic carbocycles. The first-order chi connectivity index (χ1) is 11.1. The van der Waals surface area contributed by atoms with Crippen LogP contribution in [0.5, 0.6) is 0 Å². The molecular weight excluding hydrogens is 360 g/mol. The van der Waals surface area contributed by atoms with Gasteiger partial charge in [0.05, 0.1) is 12.5 Å². The molecule has 5 nitrogen and oxygen atoms in total. The predicted molar refractivity (Wildman–Crippen MR) is 92.6 cm³/mol. The molecule has 0 radical (unpaired) electrons. The number of urea groups is 1. The summed E-state index contributed by atoms with van der Waals surface area (Å²) in [6, 6.07) is 7.59. The van der Waals surface area contributed by atoms with E-state index in [9.17, 15) is 9.59 Å². The largest absolute Gasteiger partial charge is 0.466 e. The van der Waals surface area contributed by atoms with Crippen LogP contribution in [0.1, 0.15) is 25.3 Å². The third-order valence-corrected chi connectivity index (χ3v) is 4.21. The molecule has 0 aromatic heterocycles. The number of likely N-dealkylation sites (tertiary alicyclic amines) is 1. The van der Waals surface area contributed by atoms with Gasteiger partial charge in [0.2, 0.25) is 0 Å². The fraction of sp³-hybridized carbons (Fsp3) is 0.412. The maximum atomic E-state index is 12.2. The first-order valence-electron chi connectivity index (χ1n) is 7.74. The number of hydrogen-bond acceptors (Lipinski definition) is 3. The molecule has 0 saturated carbocycles. The number of nitrogens with one attached hydrogen (secondary N) is 1. The van der Waals surface area contributed by atoms with Gasteiger partial charge in [0.1, 0.15) is 0 Å². The zero-order valence-electron chi connectivity index (χ0n) is 13.1. The van der Waals surface area contributed by atoms with Gasteiger partial charge in [-0.15, -0.1) is 0 Å². The zero-order chi connectivity index (χ0) is 16.7. The maximum Gasteiger partial charge on any atom is 0.321 e. The van der Waals surface area contributed by atoms with Gasteiger partial charge in [0.15, 0.2) is 0 Å². The lowest BCUT2D eigenvalue weighted by molar-refractivity contribution is -0.149. The average molecular weight is 381 g/mol. The van der Waals surface area contributed by atoms with Gasteiger partial charge in [-0.2, -0.15) is 0 Å². The molecule has 0 bridgehead atoms. The van der Waals surface area contributed by atoms with Crippen molar-refractivity contribution in [3.05, 3.63) is 40.5 Å². The number of rotatable bonds is 4. The minimum atomic E-state index is -0.218. The van der Waals surface area contributed by atoms with E-state index >= 15 is 0 Å². The van der Waals surface area contributed by atoms with Crippen molar-refractivity contribution in [3.8, 4) is 0 Å². The molecule has 1 heterocycles. The molecule has 6 heteroatoms. The Morgan fingerprint density at radius 2 is 2.13 bits per heavy atom. The van der Waals surface area contributed by atoms with E-state index in [0.717, 1.165) is 22.9 Å². The van der Waals surface area contributed by atoms with Gasteiger partial charge >= 0.3 is 12.0 Å². The minimum Gasteiger partial charge on any atom is -0.466 e. The topological polar surface area (TPSA) is 58.6 Å². The van der Waals surface area contributed by atoms with Gasteiger partial charge in [-0.25, -0.2) is 4.79 Å². The maximum absolute atomic E-state index is 12.2. The summed E-state index contributed by atoms with van der Waals surface area (Å²) in [5, 5.41) is 2.75. The van der Waals surface area contributed by atoms with E-state index in [1.807, 2.05) is 30.3 Å². The highest BCUT2D eigenvalue weighted by molar-refractivity contribution is 9.10. The fourth-order valence-electron chi connectivity index (χ4n) is 2.49. The number of esters is 1. The van der Waals surface area contributed by atoms with Gasteiger partial charge in [0.25, 0.3) is 0 Å². The summed E-state index contributed by atoms with van der Waals surface area (Å²) >= 11 is 3.38. The van der Waals surface area contributed by atoms with E-state index in [4.69, 9.17) is 4.74 Å². The van der Waals surface area contributed by atoms with Gasteiger partial charge in [-0.3, -0.25) is 4.79 Å². The number of ether oxygens (including phenoxy) is 1. The van der Waals surface area contributed by atoms with Crippen LogP contribution in [0, 0.1) is 5.92 Å². The van der Waals surface area contributed by atoms with Crippen LogP contribution in [0.2, 0.25) is 0 Å². The molecule has 1 aromatic rings. The third kappa shape index (κ3) is 5.39. The normalized spacial score (nSPS) is 18.0. The lowest BCUT2D eigenvalue weighted by atomic mass is 9.98. The van der Waals surface area contributed by atoms with Crippen molar-refractivity contribution in [2.24, 2.45) is 5.92 Å². The number of benzene rings is 1. The van der Waals surface area contributed by atoms with Crippen molar-refractivity contribution in [3.63, 3.8) is 0 Å². The Balaban J connectivity index is 1.85. The van der Waals surface area contributed by atoms with Gasteiger partial charge in [0, 0.05) is 23.8 Å². The second kappa shape index (κ2) is 8.72. The van der Waals surface area contributed by atoms with Gasteiger partial charge in [-0.05, 0) is 43.5 Å². The molecular formula is C17H21BrN2O3. The minimum absolute atomic E-state index is 0.188. The van der Waals surface area contributed by atoms with Crippen molar-refractivity contribution in [1.29, 1.82) is 0 Å². The number of nitrogens with zero attached hydrogens (tertiary/aromatic N) is 1. The van der Waals surface area contributed by atoms with Crippen LogP contribution >= 0.6 is 15.9 Å². The molecule has 1 unspecified atom stereocenters. The number of carbonyl (C=O) groups is 2. The van der Waals surface area contributed by atoms with E-state index in [0.29, 0.717) is 19.7 Å². The van der Waals surface area contributed by atoms with Crippen LogP contribution in [0.4, 0.5) is 4.79 Å². The zero-order valence-corrected chi connectivity index (χ0v) is 14.7. The fourth-order valence-corrected chi connectivity index (χ4v) is 2.75. The summed E-state index contributed by atoms with van der Waals surface area (Å²) in [6.07, 6.45) is 5.04. The average Bonchev–Trinajstić information content (AvgIpc) is 2.57. The Bertz CT molecular complexity index is 572. The summed E-state index contributed by atoms with van der Waals surface area (Å²) in [5.74, 6) is -0.430. The highest BCUT2D eigenvalue weighted by Gasteiger charge is 2.28. The quantitative estimate of drug-likeness (QED) is 0.814. The standard InChI is InChI=1S/C17H21BrN2O3/c1-2-23-16(21)14-4-3-11-20(12-14)17(22)19-10-9-13-5-7-15(18)8-6-13/h5-10,14H,2-4,11-12H2,1H3,(H,19,22)/b10-9+. The number of halogens is 1. The SMILES string of the molecule is CCOC(=O)C1CCCN(C(=O)N/C=C/c2ccc(Br)cc2)C1. The van der Waals surface area contributed by atoms with Crippen LogP contribution in [0.25, 0.3) is 6.08 Å². The second-order valence-electron chi connectivity index (χ2n) is 5.37. The van der Waals surface area contributed by atoms with E-state index in [-0.39, 0.29) is 17.9 Å². The molecule has 1 atom stereocenters. The molecule has 2 rings (SSSR count). The number of hydrogen-bond donors (Lipinski definition) is 1. The van der Waals surface area contributed by atoms with E-state index in [1.165, 1.54) is 0 Å². The molecule has 1 N–H and O–H groups in total. The molecule has 1 fully saturated rings. The molecule has 124 valence electrons. The summed E-state index contributed by atoms with van der Waals surface area (Å²) < 4.78 is 6.05. The Morgan fingerprint density at radius 1 is 1.39 bits per heavy atom. The lowest BCUT2D eigenvalue weighted by Gasteiger charge is -2.31. The van der Waals surface area contributed by atoms with Crippen molar-refractivity contribution in [1.82, 2.24) is 10.2 Å².